The maximum atomic E-state index is 12.7. The number of carbonyl (C=O) groups is 2. The molecule has 0 bridgehead atoms. The number of anilines is 2. The van der Waals surface area contributed by atoms with Crippen molar-refractivity contribution in [1.82, 2.24) is 15.0 Å². The molecule has 1 atom stereocenters. The number of para-hydroxylation sites is 1. The minimum absolute atomic E-state index is 0.121. The van der Waals surface area contributed by atoms with Gasteiger partial charge < -0.3 is 15.3 Å². The third-order valence-corrected chi connectivity index (χ3v) is 5.51. The van der Waals surface area contributed by atoms with E-state index >= 15 is 0 Å². The minimum atomic E-state index is -0.927. The fourth-order valence-corrected chi connectivity index (χ4v) is 3.69. The number of carboxylic acid groups (broad SMARTS) is 1. The van der Waals surface area contributed by atoms with Crippen molar-refractivity contribution in [2.24, 2.45) is 0 Å². The Morgan fingerprint density at radius 2 is 1.74 bits per heavy atom. The summed E-state index contributed by atoms with van der Waals surface area (Å²) in [5.74, 6) is -0.144. The molecule has 2 heterocycles. The number of hydrogen-bond acceptors (Lipinski definition) is 6. The molecule has 0 aliphatic rings. The summed E-state index contributed by atoms with van der Waals surface area (Å²) in [6, 6.07) is 18.7. The van der Waals surface area contributed by atoms with Gasteiger partial charge in [0.25, 0.3) is 5.91 Å². The van der Waals surface area contributed by atoms with E-state index in [1.807, 2.05) is 75.6 Å². The van der Waals surface area contributed by atoms with E-state index < -0.39 is 5.97 Å². The van der Waals surface area contributed by atoms with E-state index in [-0.39, 0.29) is 18.2 Å². The number of carbonyl (C=O) groups excluding carboxylic acids is 1. The number of nitrogens with one attached hydrogen (secondary N) is 1. The molecule has 2 aromatic heterocycles. The summed E-state index contributed by atoms with van der Waals surface area (Å²) in [7, 11) is 3.65. The number of aromatic nitrogens is 3. The smallest absolute Gasteiger partial charge is 0.308 e. The number of fused-ring (bicyclic) bond motifs is 1. The molecule has 0 aliphatic carbocycles. The molecule has 172 valence electrons. The first-order valence-electron chi connectivity index (χ1n) is 10.8. The van der Waals surface area contributed by atoms with Crippen LogP contribution in [0.5, 0.6) is 0 Å². The second kappa shape index (κ2) is 9.66. The van der Waals surface area contributed by atoms with Gasteiger partial charge in [0.15, 0.2) is 0 Å². The highest BCUT2D eigenvalue weighted by atomic mass is 16.4. The molecule has 2 aromatic carbocycles. The van der Waals surface area contributed by atoms with Gasteiger partial charge in [0.05, 0.1) is 11.9 Å². The van der Waals surface area contributed by atoms with Gasteiger partial charge in [0, 0.05) is 42.8 Å². The van der Waals surface area contributed by atoms with Crippen molar-refractivity contribution >= 4 is 34.3 Å². The second-order valence-corrected chi connectivity index (χ2v) is 8.23. The van der Waals surface area contributed by atoms with Crippen LogP contribution in [-0.2, 0) is 11.2 Å². The fraction of sp³-hybridized carbons (Fsp3) is 0.192. The largest absolute Gasteiger partial charge is 0.481 e. The third kappa shape index (κ3) is 5.01. The summed E-state index contributed by atoms with van der Waals surface area (Å²) in [5.41, 5.74) is 3.31. The van der Waals surface area contributed by atoms with Gasteiger partial charge in [-0.1, -0.05) is 43.3 Å². The van der Waals surface area contributed by atoms with Gasteiger partial charge >= 0.3 is 5.97 Å². The van der Waals surface area contributed by atoms with Crippen LogP contribution in [0.15, 0.2) is 66.9 Å². The van der Waals surface area contributed by atoms with Crippen LogP contribution in [0.4, 0.5) is 11.5 Å². The zero-order chi connectivity index (χ0) is 24.2. The lowest BCUT2D eigenvalue weighted by Gasteiger charge is -2.18. The van der Waals surface area contributed by atoms with Crippen LogP contribution in [0, 0.1) is 0 Å². The summed E-state index contributed by atoms with van der Waals surface area (Å²) in [6.45, 7) is 1.98. The molecule has 34 heavy (non-hydrogen) atoms. The van der Waals surface area contributed by atoms with Crippen molar-refractivity contribution in [3.05, 3.63) is 89.5 Å². The molecule has 1 amide bonds. The van der Waals surface area contributed by atoms with E-state index in [2.05, 4.69) is 20.3 Å². The molecule has 0 spiro atoms. The Morgan fingerprint density at radius 3 is 2.44 bits per heavy atom. The molecule has 4 rings (SSSR count). The summed E-state index contributed by atoms with van der Waals surface area (Å²) in [6.07, 6.45) is 1.44. The van der Waals surface area contributed by atoms with Gasteiger partial charge in [0.1, 0.15) is 17.3 Å². The zero-order valence-corrected chi connectivity index (χ0v) is 19.2. The quantitative estimate of drug-likeness (QED) is 0.431. The monoisotopic (exact) mass is 455 g/mol. The molecule has 4 aromatic rings. The Kier molecular flexibility index (Phi) is 6.49. The van der Waals surface area contributed by atoms with E-state index in [0.29, 0.717) is 28.6 Å². The van der Waals surface area contributed by atoms with Gasteiger partial charge in [-0.05, 0) is 29.8 Å². The zero-order valence-electron chi connectivity index (χ0n) is 19.2. The molecule has 2 N–H and O–H groups in total. The average molecular weight is 456 g/mol. The highest BCUT2D eigenvalue weighted by molar-refractivity contribution is 6.04. The molecule has 0 saturated heterocycles. The van der Waals surface area contributed by atoms with Crippen LogP contribution in [0.2, 0.25) is 0 Å². The van der Waals surface area contributed by atoms with Gasteiger partial charge in [0.2, 0.25) is 0 Å². The third-order valence-electron chi connectivity index (χ3n) is 5.51. The van der Waals surface area contributed by atoms with Gasteiger partial charge in [-0.15, -0.1) is 0 Å². The summed E-state index contributed by atoms with van der Waals surface area (Å²) in [5, 5.41) is 13.0. The fourth-order valence-electron chi connectivity index (χ4n) is 3.69. The number of benzene rings is 2. The van der Waals surface area contributed by atoms with Crippen LogP contribution in [0.1, 0.15) is 40.3 Å². The molecular formula is C26H25N5O3. The van der Waals surface area contributed by atoms with Crippen molar-refractivity contribution in [1.29, 1.82) is 0 Å². The minimum Gasteiger partial charge on any atom is -0.481 e. The Hall–Kier alpha value is -4.33. The van der Waals surface area contributed by atoms with Crippen molar-refractivity contribution in [2.75, 3.05) is 24.3 Å². The number of rotatable bonds is 7. The molecular weight excluding hydrogens is 430 g/mol. The summed E-state index contributed by atoms with van der Waals surface area (Å²) in [4.78, 5) is 39.0. The second-order valence-electron chi connectivity index (χ2n) is 8.23. The van der Waals surface area contributed by atoms with Gasteiger partial charge in [-0.25, -0.2) is 15.0 Å². The Morgan fingerprint density at radius 1 is 1.00 bits per heavy atom. The molecule has 0 aliphatic heterocycles. The number of amides is 1. The average Bonchev–Trinajstić information content (AvgIpc) is 2.83. The first-order chi connectivity index (χ1) is 16.3. The molecule has 8 nitrogen and oxygen atoms in total. The van der Waals surface area contributed by atoms with E-state index in [4.69, 9.17) is 5.11 Å². The summed E-state index contributed by atoms with van der Waals surface area (Å²) < 4.78 is 0. The lowest BCUT2D eigenvalue weighted by atomic mass is 10.00. The highest BCUT2D eigenvalue weighted by Gasteiger charge is 2.17. The highest BCUT2D eigenvalue weighted by Crippen LogP contribution is 2.26. The van der Waals surface area contributed by atoms with Crippen molar-refractivity contribution < 1.29 is 14.7 Å². The Balaban J connectivity index is 1.50. The lowest BCUT2D eigenvalue weighted by Crippen LogP contribution is -2.18. The predicted molar refractivity (Wildman–Crippen MR) is 131 cm³/mol. The van der Waals surface area contributed by atoms with Crippen molar-refractivity contribution in [3.8, 4) is 0 Å². The number of pyridine rings is 1. The van der Waals surface area contributed by atoms with Crippen LogP contribution >= 0.6 is 0 Å². The topological polar surface area (TPSA) is 108 Å². The van der Waals surface area contributed by atoms with Crippen LogP contribution < -0.4 is 10.2 Å². The molecule has 0 saturated carbocycles. The first-order valence-corrected chi connectivity index (χ1v) is 10.8. The van der Waals surface area contributed by atoms with Gasteiger partial charge in [-0.3, -0.25) is 9.59 Å². The maximum Gasteiger partial charge on any atom is 0.308 e. The molecule has 0 fully saturated rings. The van der Waals surface area contributed by atoms with Crippen molar-refractivity contribution in [2.45, 2.75) is 19.3 Å². The number of nitrogens with zero attached hydrogens (tertiary/aromatic N) is 4. The number of hydrogen-bond donors (Lipinski definition) is 2. The SMILES string of the molecule is CC(c1ccc(NC(=O)c2ccc3ccccc3n2)cc1)c1ncc(CC(=O)O)c(N(C)C)n1. The molecule has 8 heteroatoms. The van der Waals surface area contributed by atoms with E-state index in [0.717, 1.165) is 16.5 Å². The summed E-state index contributed by atoms with van der Waals surface area (Å²) >= 11 is 0. The number of carboxylic acids is 1. The van der Waals surface area contributed by atoms with Crippen LogP contribution in [0.3, 0.4) is 0 Å². The predicted octanol–water partition coefficient (Wildman–Crippen LogP) is 4.12. The molecule has 0 radical (unpaired) electrons. The van der Waals surface area contributed by atoms with Crippen molar-refractivity contribution in [3.63, 3.8) is 0 Å². The van der Waals surface area contributed by atoms with E-state index in [9.17, 15) is 9.59 Å². The molecule has 1 unspecified atom stereocenters. The van der Waals surface area contributed by atoms with E-state index in [1.54, 1.807) is 17.2 Å². The first kappa shape index (κ1) is 22.8. The lowest BCUT2D eigenvalue weighted by molar-refractivity contribution is -0.136. The Bertz CT molecular complexity index is 1350. The maximum absolute atomic E-state index is 12.7. The number of aliphatic carboxylic acids is 1. The van der Waals surface area contributed by atoms with E-state index in [1.165, 1.54) is 0 Å². The normalized spacial score (nSPS) is 11.7. The van der Waals surface area contributed by atoms with Crippen LogP contribution in [0.25, 0.3) is 10.9 Å². The van der Waals surface area contributed by atoms with Gasteiger partial charge in [-0.2, -0.15) is 0 Å². The standard InChI is InChI=1S/C26H25N5O3/c1-16(24-27-15-19(14-23(32)33)25(30-24)31(2)3)17-8-11-20(12-9-17)28-26(34)22-13-10-18-6-4-5-7-21(18)29-22/h4-13,15-16H,14H2,1-3H3,(H,28,34)(H,32,33). The van der Waals surface area contributed by atoms with Crippen LogP contribution in [-0.4, -0.2) is 46.0 Å². The Labute approximate surface area is 197 Å².